The van der Waals surface area contributed by atoms with Crippen LogP contribution in [0.25, 0.3) is 0 Å². The highest BCUT2D eigenvalue weighted by atomic mass is 16.5. The van der Waals surface area contributed by atoms with Gasteiger partial charge in [-0.15, -0.1) is 0 Å². The number of fused-ring (bicyclic) bond motifs is 1. The van der Waals surface area contributed by atoms with Crippen LogP contribution in [0.1, 0.15) is 46.0 Å². The molecule has 1 aliphatic carbocycles. The minimum absolute atomic E-state index is 0.0584. The summed E-state index contributed by atoms with van der Waals surface area (Å²) in [5.74, 6) is 0.749. The zero-order chi connectivity index (χ0) is 19.1. The number of hydrogen-bond acceptors (Lipinski definition) is 6. The van der Waals surface area contributed by atoms with E-state index >= 15 is 0 Å². The molecule has 0 aromatic heterocycles. The third kappa shape index (κ3) is 3.60. The van der Waals surface area contributed by atoms with Gasteiger partial charge in [-0.05, 0) is 44.9 Å². The van der Waals surface area contributed by atoms with E-state index in [4.69, 9.17) is 4.74 Å². The fraction of sp³-hybridized carbons (Fsp3) is 0.895. The monoisotopic (exact) mass is 379 g/mol. The lowest BCUT2D eigenvalue weighted by Gasteiger charge is -2.54. The van der Waals surface area contributed by atoms with Gasteiger partial charge in [0.1, 0.15) is 6.10 Å². The Bertz CT molecular complexity index is 582. The third-order valence-electron chi connectivity index (χ3n) is 6.85. The molecule has 152 valence electrons. The van der Waals surface area contributed by atoms with Crippen molar-refractivity contribution in [2.75, 3.05) is 26.7 Å². The first-order chi connectivity index (χ1) is 13.0. The van der Waals surface area contributed by atoms with Crippen molar-refractivity contribution in [2.24, 2.45) is 5.92 Å². The topological polar surface area (TPSA) is 77.2 Å². The van der Waals surface area contributed by atoms with Crippen LogP contribution in [0.15, 0.2) is 0 Å². The van der Waals surface area contributed by atoms with Gasteiger partial charge in [-0.25, -0.2) is 10.4 Å². The predicted octanol–water partition coefficient (Wildman–Crippen LogP) is 0.105. The van der Waals surface area contributed by atoms with Gasteiger partial charge < -0.3 is 14.5 Å². The van der Waals surface area contributed by atoms with E-state index in [2.05, 4.69) is 27.8 Å². The molecule has 3 heterocycles. The number of carbonyl (C=O) groups is 2. The molecule has 5 unspecified atom stereocenters. The lowest BCUT2D eigenvalue weighted by atomic mass is 9.75. The van der Waals surface area contributed by atoms with Gasteiger partial charge in [0.2, 0.25) is 5.91 Å². The molecule has 4 aliphatic rings. The van der Waals surface area contributed by atoms with Crippen molar-refractivity contribution in [3.63, 3.8) is 0 Å². The summed E-state index contributed by atoms with van der Waals surface area (Å²) in [6, 6.07) is 0.650. The quantitative estimate of drug-likeness (QED) is 0.709. The molecule has 4 rings (SSSR count). The van der Waals surface area contributed by atoms with Crippen LogP contribution in [0.4, 0.5) is 0 Å². The molecule has 6 atom stereocenters. The van der Waals surface area contributed by atoms with Gasteiger partial charge >= 0.3 is 0 Å². The number of piperazine rings is 1. The molecule has 27 heavy (non-hydrogen) atoms. The van der Waals surface area contributed by atoms with Crippen LogP contribution in [0.3, 0.4) is 0 Å². The molecule has 0 aromatic carbocycles. The average Bonchev–Trinajstić information content (AvgIpc) is 3.31. The van der Waals surface area contributed by atoms with Crippen LogP contribution in [0.5, 0.6) is 0 Å². The van der Waals surface area contributed by atoms with Crippen molar-refractivity contribution in [1.29, 1.82) is 0 Å². The SMILES string of the molecule is CC(=O)N1C2CCC(C3CN(C)NN3)CC2N(C(=O)C2CCCO2)C[C@@H]1C. The Balaban J connectivity index is 1.55. The molecule has 3 aliphatic heterocycles. The van der Waals surface area contributed by atoms with E-state index in [0.717, 1.165) is 38.6 Å². The van der Waals surface area contributed by atoms with Crippen LogP contribution in [0, 0.1) is 5.92 Å². The molecule has 0 radical (unpaired) electrons. The fourth-order valence-corrected chi connectivity index (χ4v) is 5.62. The minimum Gasteiger partial charge on any atom is -0.368 e. The summed E-state index contributed by atoms with van der Waals surface area (Å²) >= 11 is 0. The summed E-state index contributed by atoms with van der Waals surface area (Å²) < 4.78 is 5.70. The highest BCUT2D eigenvalue weighted by molar-refractivity contribution is 5.82. The highest BCUT2D eigenvalue weighted by Crippen LogP contribution is 2.38. The number of amides is 2. The predicted molar refractivity (Wildman–Crippen MR) is 100 cm³/mol. The first-order valence-electron chi connectivity index (χ1n) is 10.4. The lowest BCUT2D eigenvalue weighted by molar-refractivity contribution is -0.160. The van der Waals surface area contributed by atoms with Crippen LogP contribution < -0.4 is 11.0 Å². The van der Waals surface area contributed by atoms with Crippen molar-refractivity contribution in [3.05, 3.63) is 0 Å². The van der Waals surface area contributed by atoms with E-state index in [-0.39, 0.29) is 36.0 Å². The number of nitrogens with one attached hydrogen (secondary N) is 2. The number of likely N-dealkylation sites (N-methyl/N-ethyl adjacent to an activating group) is 1. The second-order valence-electron chi connectivity index (χ2n) is 8.72. The molecule has 8 heteroatoms. The standard InChI is InChI=1S/C19H33N5O3/c1-12-10-23(19(26)18-5-4-8-27-18)17-9-14(15-11-22(3)21-20-15)6-7-16(17)24(12)13(2)25/h12,14-18,20-21H,4-11H2,1-3H3/t12-,14?,15?,16?,17?,18?/m0/s1. The molecule has 0 bridgehead atoms. The number of nitrogens with zero attached hydrogens (tertiary/aromatic N) is 3. The Hall–Kier alpha value is -1.22. The summed E-state index contributed by atoms with van der Waals surface area (Å²) in [7, 11) is 2.03. The highest BCUT2D eigenvalue weighted by Gasteiger charge is 2.49. The van der Waals surface area contributed by atoms with Crippen molar-refractivity contribution >= 4 is 11.8 Å². The molecular formula is C19H33N5O3. The second-order valence-corrected chi connectivity index (χ2v) is 8.72. The van der Waals surface area contributed by atoms with E-state index in [1.54, 1.807) is 6.92 Å². The third-order valence-corrected chi connectivity index (χ3v) is 6.85. The maximum atomic E-state index is 13.2. The first-order valence-corrected chi connectivity index (χ1v) is 10.4. The number of carbonyl (C=O) groups excluding carboxylic acids is 2. The van der Waals surface area contributed by atoms with E-state index in [1.165, 1.54) is 0 Å². The van der Waals surface area contributed by atoms with Crippen LogP contribution in [-0.2, 0) is 14.3 Å². The van der Waals surface area contributed by atoms with Gasteiger partial charge in [0.15, 0.2) is 0 Å². The zero-order valence-corrected chi connectivity index (χ0v) is 16.7. The summed E-state index contributed by atoms with van der Waals surface area (Å²) in [6.07, 6.45) is 4.45. The summed E-state index contributed by atoms with van der Waals surface area (Å²) in [4.78, 5) is 29.7. The molecule has 2 N–H and O–H groups in total. The Morgan fingerprint density at radius 1 is 1.11 bits per heavy atom. The largest absolute Gasteiger partial charge is 0.368 e. The van der Waals surface area contributed by atoms with Crippen molar-refractivity contribution < 1.29 is 14.3 Å². The van der Waals surface area contributed by atoms with Gasteiger partial charge in [-0.3, -0.25) is 9.59 Å². The summed E-state index contributed by atoms with van der Waals surface area (Å²) in [5.41, 5.74) is 6.55. The van der Waals surface area contributed by atoms with E-state index in [9.17, 15) is 9.59 Å². The molecule has 0 aromatic rings. The molecule has 0 spiro atoms. The van der Waals surface area contributed by atoms with Gasteiger partial charge in [-0.1, -0.05) is 0 Å². The number of hydrogen-bond donors (Lipinski definition) is 2. The van der Waals surface area contributed by atoms with Gasteiger partial charge in [-0.2, -0.15) is 5.53 Å². The number of hydrazine groups is 2. The van der Waals surface area contributed by atoms with Crippen LogP contribution in [0.2, 0.25) is 0 Å². The van der Waals surface area contributed by atoms with Gasteiger partial charge in [0.05, 0.1) is 12.1 Å². The van der Waals surface area contributed by atoms with Crippen molar-refractivity contribution in [1.82, 2.24) is 25.8 Å². The van der Waals surface area contributed by atoms with Crippen molar-refractivity contribution in [2.45, 2.75) is 76.2 Å². The lowest BCUT2D eigenvalue weighted by Crippen LogP contribution is -2.68. The zero-order valence-electron chi connectivity index (χ0n) is 16.7. The normalized spacial score (nSPS) is 40.3. The summed E-state index contributed by atoms with van der Waals surface area (Å²) in [5, 5.41) is 2.07. The van der Waals surface area contributed by atoms with Gasteiger partial charge in [0, 0.05) is 45.8 Å². The Morgan fingerprint density at radius 3 is 2.56 bits per heavy atom. The van der Waals surface area contributed by atoms with Crippen molar-refractivity contribution in [3.8, 4) is 0 Å². The Labute approximate surface area is 161 Å². The van der Waals surface area contributed by atoms with E-state index < -0.39 is 0 Å². The second kappa shape index (κ2) is 7.66. The molecule has 3 saturated heterocycles. The minimum atomic E-state index is -0.292. The summed E-state index contributed by atoms with van der Waals surface area (Å²) in [6.45, 7) is 5.97. The smallest absolute Gasteiger partial charge is 0.252 e. The molecule has 1 saturated carbocycles. The first kappa shape index (κ1) is 19.1. The van der Waals surface area contributed by atoms with E-state index in [1.807, 2.05) is 11.9 Å². The van der Waals surface area contributed by atoms with Gasteiger partial charge in [0.25, 0.3) is 5.91 Å². The molecular weight excluding hydrogens is 346 g/mol. The molecule has 2 amide bonds. The maximum absolute atomic E-state index is 13.2. The molecule has 4 fully saturated rings. The van der Waals surface area contributed by atoms with Crippen LogP contribution >= 0.6 is 0 Å². The molecule has 8 nitrogen and oxygen atoms in total. The van der Waals surface area contributed by atoms with Crippen LogP contribution in [-0.4, -0.2) is 83.6 Å². The number of rotatable bonds is 2. The number of ether oxygens (including phenoxy) is 1. The fourth-order valence-electron chi connectivity index (χ4n) is 5.62. The van der Waals surface area contributed by atoms with E-state index in [0.29, 0.717) is 25.1 Å². The maximum Gasteiger partial charge on any atom is 0.252 e. The Kier molecular flexibility index (Phi) is 5.42. The Morgan fingerprint density at radius 2 is 1.93 bits per heavy atom. The average molecular weight is 380 g/mol.